The first-order chi connectivity index (χ1) is 13.2. The number of hydrogen-bond acceptors (Lipinski definition) is 8. The van der Waals surface area contributed by atoms with Crippen LogP contribution in [0.25, 0.3) is 11.0 Å². The summed E-state index contributed by atoms with van der Waals surface area (Å²) in [6.07, 6.45) is 4.04. The van der Waals surface area contributed by atoms with Crippen molar-refractivity contribution in [3.63, 3.8) is 0 Å². The van der Waals surface area contributed by atoms with Gasteiger partial charge in [-0.1, -0.05) is 0 Å². The highest BCUT2D eigenvalue weighted by molar-refractivity contribution is 6.00. The summed E-state index contributed by atoms with van der Waals surface area (Å²) in [7, 11) is 0. The zero-order chi connectivity index (χ0) is 18.8. The van der Waals surface area contributed by atoms with E-state index in [9.17, 15) is 4.79 Å². The van der Waals surface area contributed by atoms with E-state index in [1.54, 1.807) is 17.0 Å². The molecule has 1 saturated heterocycles. The first kappa shape index (κ1) is 16.9. The summed E-state index contributed by atoms with van der Waals surface area (Å²) >= 11 is 0. The van der Waals surface area contributed by atoms with Gasteiger partial charge in [0.25, 0.3) is 5.91 Å². The summed E-state index contributed by atoms with van der Waals surface area (Å²) < 4.78 is 5.29. The number of ether oxygens (including phenoxy) is 1. The molecule has 4 rings (SSSR count). The van der Waals surface area contributed by atoms with Gasteiger partial charge in [-0.05, 0) is 12.1 Å². The van der Waals surface area contributed by atoms with E-state index in [4.69, 9.17) is 15.9 Å². The smallest absolute Gasteiger partial charge is 0.270 e. The lowest BCUT2D eigenvalue weighted by Crippen LogP contribution is -2.40. The van der Waals surface area contributed by atoms with E-state index in [0.717, 1.165) is 6.21 Å². The van der Waals surface area contributed by atoms with Crippen LogP contribution in [0.2, 0.25) is 0 Å². The number of rotatable bonds is 4. The highest BCUT2D eigenvalue weighted by Crippen LogP contribution is 2.24. The van der Waals surface area contributed by atoms with E-state index in [2.05, 4.69) is 25.3 Å². The monoisotopic (exact) mass is 366 g/mol. The van der Waals surface area contributed by atoms with Gasteiger partial charge in [0.15, 0.2) is 0 Å². The number of nitrogens with zero attached hydrogens (tertiary/aromatic N) is 4. The fourth-order valence-electron chi connectivity index (χ4n) is 2.89. The SMILES string of the molecule is N=Cc1cc(Nc2ncnc3[nH]c(C(=O)N4CCOCC4)cc23)ncc1N. The number of hydrogen-bond donors (Lipinski definition) is 4. The quantitative estimate of drug-likeness (QED) is 0.507. The lowest BCUT2D eigenvalue weighted by molar-refractivity contribution is 0.0299. The molecule has 5 N–H and O–H groups in total. The predicted molar refractivity (Wildman–Crippen MR) is 100 cm³/mol. The molecule has 138 valence electrons. The molecule has 0 aromatic carbocycles. The third-order valence-corrected chi connectivity index (χ3v) is 4.32. The third kappa shape index (κ3) is 3.29. The van der Waals surface area contributed by atoms with Crippen molar-refractivity contribution in [1.82, 2.24) is 24.8 Å². The average Bonchev–Trinajstić information content (AvgIpc) is 3.15. The van der Waals surface area contributed by atoms with Crippen LogP contribution in [-0.2, 0) is 4.74 Å². The van der Waals surface area contributed by atoms with Crippen LogP contribution in [0.4, 0.5) is 17.3 Å². The van der Waals surface area contributed by atoms with E-state index in [1.807, 2.05) is 0 Å². The molecule has 0 radical (unpaired) electrons. The summed E-state index contributed by atoms with van der Waals surface area (Å²) in [5.74, 6) is 0.898. The maximum atomic E-state index is 12.7. The zero-order valence-corrected chi connectivity index (χ0v) is 14.4. The Hall–Kier alpha value is -3.53. The summed E-state index contributed by atoms with van der Waals surface area (Å²) in [6, 6.07) is 3.38. The van der Waals surface area contributed by atoms with Gasteiger partial charge in [-0.15, -0.1) is 0 Å². The molecular formula is C17H18N8O2. The van der Waals surface area contributed by atoms with E-state index < -0.39 is 0 Å². The summed E-state index contributed by atoms with van der Waals surface area (Å²) in [5, 5.41) is 11.2. The zero-order valence-electron chi connectivity index (χ0n) is 14.4. The van der Waals surface area contributed by atoms with E-state index in [-0.39, 0.29) is 5.91 Å². The average molecular weight is 366 g/mol. The van der Waals surface area contributed by atoms with Crippen LogP contribution in [-0.4, -0.2) is 63.3 Å². The van der Waals surface area contributed by atoms with Gasteiger partial charge in [0, 0.05) is 24.9 Å². The molecular weight excluding hydrogens is 348 g/mol. The molecule has 1 fully saturated rings. The molecule has 27 heavy (non-hydrogen) atoms. The molecule has 4 heterocycles. The van der Waals surface area contributed by atoms with Crippen molar-refractivity contribution >= 4 is 40.5 Å². The Balaban J connectivity index is 1.65. The second kappa shape index (κ2) is 7.00. The van der Waals surface area contributed by atoms with Crippen LogP contribution in [0, 0.1) is 5.41 Å². The molecule has 0 bridgehead atoms. The number of carbonyl (C=O) groups is 1. The maximum absolute atomic E-state index is 12.7. The number of H-pyrrole nitrogens is 1. The van der Waals surface area contributed by atoms with Crippen molar-refractivity contribution in [3.8, 4) is 0 Å². The number of aromatic amines is 1. The molecule has 0 saturated carbocycles. The Labute approximate surface area is 154 Å². The van der Waals surface area contributed by atoms with Crippen LogP contribution in [0.1, 0.15) is 16.1 Å². The van der Waals surface area contributed by atoms with Crippen molar-refractivity contribution < 1.29 is 9.53 Å². The first-order valence-corrected chi connectivity index (χ1v) is 8.39. The highest BCUT2D eigenvalue weighted by atomic mass is 16.5. The number of nitrogen functional groups attached to an aromatic ring is 1. The number of carbonyl (C=O) groups excluding carboxylic acids is 1. The van der Waals surface area contributed by atoms with Crippen molar-refractivity contribution in [2.75, 3.05) is 37.4 Å². The Morgan fingerprint density at radius 3 is 2.89 bits per heavy atom. The fraction of sp³-hybridized carbons (Fsp3) is 0.235. The van der Waals surface area contributed by atoms with E-state index in [1.165, 1.54) is 12.5 Å². The number of aromatic nitrogens is 4. The molecule has 1 amide bonds. The van der Waals surface area contributed by atoms with Crippen molar-refractivity contribution in [2.45, 2.75) is 0 Å². The number of pyridine rings is 1. The fourth-order valence-corrected chi connectivity index (χ4v) is 2.89. The van der Waals surface area contributed by atoms with Crippen LogP contribution >= 0.6 is 0 Å². The lowest BCUT2D eigenvalue weighted by Gasteiger charge is -2.26. The molecule has 10 nitrogen and oxygen atoms in total. The topological polar surface area (TPSA) is 146 Å². The molecule has 10 heteroatoms. The standard InChI is InChI=1S/C17H18N8O2/c18-7-10-5-14(20-8-12(10)19)24-16-11-6-13(23-15(11)21-9-22-16)17(26)25-1-3-27-4-2-25/h5-9,18H,1-4,19H2,(H2,20,21,22,23,24). The molecule has 3 aromatic heterocycles. The van der Waals surface area contributed by atoms with Gasteiger partial charge in [-0.2, -0.15) is 0 Å². The minimum Gasteiger partial charge on any atom is -0.397 e. The Morgan fingerprint density at radius 1 is 1.30 bits per heavy atom. The van der Waals surface area contributed by atoms with Crippen LogP contribution < -0.4 is 11.1 Å². The Morgan fingerprint density at radius 2 is 2.11 bits per heavy atom. The van der Waals surface area contributed by atoms with Gasteiger partial charge >= 0.3 is 0 Å². The number of anilines is 3. The lowest BCUT2D eigenvalue weighted by atomic mass is 10.2. The summed E-state index contributed by atoms with van der Waals surface area (Å²) in [4.78, 5) is 30.1. The molecule has 0 atom stereocenters. The van der Waals surface area contributed by atoms with E-state index in [0.29, 0.717) is 65.9 Å². The van der Waals surface area contributed by atoms with Gasteiger partial charge in [-0.25, -0.2) is 15.0 Å². The molecule has 1 aliphatic heterocycles. The summed E-state index contributed by atoms with van der Waals surface area (Å²) in [6.45, 7) is 2.20. The van der Waals surface area contributed by atoms with Gasteiger partial charge in [0.2, 0.25) is 0 Å². The molecule has 0 unspecified atom stereocenters. The van der Waals surface area contributed by atoms with E-state index >= 15 is 0 Å². The minimum absolute atomic E-state index is 0.0982. The normalized spacial score (nSPS) is 14.3. The molecule has 0 spiro atoms. The van der Waals surface area contributed by atoms with Gasteiger partial charge in [0.1, 0.15) is 29.3 Å². The second-order valence-corrected chi connectivity index (χ2v) is 6.04. The predicted octanol–water partition coefficient (Wildman–Crippen LogP) is 1.15. The third-order valence-electron chi connectivity index (χ3n) is 4.32. The number of nitrogens with one attached hydrogen (secondary N) is 3. The summed E-state index contributed by atoms with van der Waals surface area (Å²) in [5.41, 5.74) is 7.73. The first-order valence-electron chi connectivity index (χ1n) is 8.39. The Kier molecular flexibility index (Phi) is 4.38. The van der Waals surface area contributed by atoms with Crippen LogP contribution in [0.15, 0.2) is 24.7 Å². The van der Waals surface area contributed by atoms with Crippen molar-refractivity contribution in [1.29, 1.82) is 5.41 Å². The number of fused-ring (bicyclic) bond motifs is 1. The van der Waals surface area contributed by atoms with Gasteiger partial charge in [0.05, 0.1) is 30.5 Å². The molecule has 1 aliphatic rings. The number of nitrogens with two attached hydrogens (primary N) is 1. The van der Waals surface area contributed by atoms with Gasteiger partial charge < -0.3 is 31.1 Å². The van der Waals surface area contributed by atoms with Crippen molar-refractivity contribution in [3.05, 3.63) is 35.9 Å². The van der Waals surface area contributed by atoms with Crippen LogP contribution in [0.3, 0.4) is 0 Å². The molecule has 0 aliphatic carbocycles. The maximum Gasteiger partial charge on any atom is 0.270 e. The van der Waals surface area contributed by atoms with Crippen molar-refractivity contribution in [2.24, 2.45) is 0 Å². The van der Waals surface area contributed by atoms with Crippen LogP contribution in [0.5, 0.6) is 0 Å². The highest BCUT2D eigenvalue weighted by Gasteiger charge is 2.21. The largest absolute Gasteiger partial charge is 0.397 e. The Bertz CT molecular complexity index is 1010. The second-order valence-electron chi connectivity index (χ2n) is 6.04. The number of morpholine rings is 1. The molecule has 3 aromatic rings. The minimum atomic E-state index is -0.0982. The number of amides is 1. The van der Waals surface area contributed by atoms with Gasteiger partial charge in [-0.3, -0.25) is 4.79 Å².